The molecule has 1 aromatic carbocycles. The zero-order valence-electron chi connectivity index (χ0n) is 15.7. The van der Waals surface area contributed by atoms with Crippen LogP contribution in [0.3, 0.4) is 0 Å². The van der Waals surface area contributed by atoms with Crippen molar-refractivity contribution in [3.05, 3.63) is 29.8 Å². The number of aliphatic imine (C=N–C) groups is 1. The lowest BCUT2D eigenvalue weighted by molar-refractivity contribution is -0.119. The maximum Gasteiger partial charge on any atom is 0.409 e. The Bertz CT molecular complexity index is 671. The largest absolute Gasteiger partial charge is 0.484 e. The molecule has 0 bridgehead atoms. The highest BCUT2D eigenvalue weighted by Gasteiger charge is 2.23. The first kappa shape index (κ1) is 20.3. The van der Waals surface area contributed by atoms with Crippen LogP contribution in [-0.2, 0) is 16.1 Å². The van der Waals surface area contributed by atoms with Gasteiger partial charge in [-0.15, -0.1) is 0 Å². The topological polar surface area (TPSA) is 118 Å². The van der Waals surface area contributed by atoms with Gasteiger partial charge in [0.1, 0.15) is 5.75 Å². The number of nitrogens with one attached hydrogen (secondary N) is 2. The van der Waals surface area contributed by atoms with E-state index in [2.05, 4.69) is 15.6 Å². The fraction of sp³-hybridized carbons (Fsp3) is 0.500. The van der Waals surface area contributed by atoms with Crippen molar-refractivity contribution in [3.8, 4) is 5.75 Å². The summed E-state index contributed by atoms with van der Waals surface area (Å²) in [4.78, 5) is 28.3. The van der Waals surface area contributed by atoms with Crippen molar-refractivity contribution >= 4 is 18.0 Å². The lowest BCUT2D eigenvalue weighted by Gasteiger charge is -2.32. The molecule has 1 saturated heterocycles. The SMILES string of the molecule is CN=C(NCc1cccc(OCC(N)=O)c1)NC1CCN(C(=O)OC)CC1. The minimum atomic E-state index is -0.513. The highest BCUT2D eigenvalue weighted by molar-refractivity contribution is 5.80. The number of hydrogen-bond donors (Lipinski definition) is 3. The number of hydrogen-bond acceptors (Lipinski definition) is 5. The molecule has 148 valence electrons. The Morgan fingerprint density at radius 3 is 2.70 bits per heavy atom. The second kappa shape index (κ2) is 10.2. The number of nitrogens with zero attached hydrogens (tertiary/aromatic N) is 2. The van der Waals surface area contributed by atoms with Gasteiger partial charge in [-0.1, -0.05) is 12.1 Å². The van der Waals surface area contributed by atoms with Gasteiger partial charge >= 0.3 is 6.09 Å². The average molecular weight is 377 g/mol. The molecule has 0 aliphatic carbocycles. The van der Waals surface area contributed by atoms with Crippen LogP contribution >= 0.6 is 0 Å². The molecule has 9 nitrogen and oxygen atoms in total. The number of guanidine groups is 1. The van der Waals surface area contributed by atoms with Crippen molar-refractivity contribution in [1.29, 1.82) is 0 Å². The molecule has 0 aromatic heterocycles. The third-order valence-electron chi connectivity index (χ3n) is 4.23. The summed E-state index contributed by atoms with van der Waals surface area (Å²) in [5.41, 5.74) is 6.07. The summed E-state index contributed by atoms with van der Waals surface area (Å²) in [5.74, 6) is 0.766. The molecule has 2 rings (SSSR count). The van der Waals surface area contributed by atoms with Crippen molar-refractivity contribution in [2.75, 3.05) is 33.9 Å². The standard InChI is InChI=1S/C18H27N5O4/c1-20-17(22-14-6-8-23(9-7-14)18(25)26-2)21-11-13-4-3-5-15(10-13)27-12-16(19)24/h3-5,10,14H,6-9,11-12H2,1-2H3,(H2,19,24)(H2,20,21,22). The van der Waals surface area contributed by atoms with E-state index in [9.17, 15) is 9.59 Å². The Morgan fingerprint density at radius 1 is 1.33 bits per heavy atom. The lowest BCUT2D eigenvalue weighted by atomic mass is 10.1. The molecular formula is C18H27N5O4. The van der Waals surface area contributed by atoms with Gasteiger partial charge in [-0.2, -0.15) is 0 Å². The Balaban J connectivity index is 1.80. The Kier molecular flexibility index (Phi) is 7.72. The second-order valence-electron chi connectivity index (χ2n) is 6.20. The van der Waals surface area contributed by atoms with Gasteiger partial charge in [-0.3, -0.25) is 9.79 Å². The number of primary amides is 1. The molecule has 1 aliphatic heterocycles. The first-order chi connectivity index (χ1) is 13.0. The number of benzene rings is 1. The van der Waals surface area contributed by atoms with Crippen LogP contribution in [0.1, 0.15) is 18.4 Å². The minimum absolute atomic E-state index is 0.148. The molecule has 1 fully saturated rings. The van der Waals surface area contributed by atoms with E-state index < -0.39 is 5.91 Å². The van der Waals surface area contributed by atoms with Crippen LogP contribution < -0.4 is 21.1 Å². The van der Waals surface area contributed by atoms with Crippen LogP contribution in [-0.4, -0.2) is 62.8 Å². The lowest BCUT2D eigenvalue weighted by Crippen LogP contribution is -2.49. The van der Waals surface area contributed by atoms with Gasteiger partial charge in [-0.05, 0) is 30.5 Å². The smallest absolute Gasteiger partial charge is 0.409 e. The van der Waals surface area contributed by atoms with Crippen LogP contribution in [0.15, 0.2) is 29.3 Å². The van der Waals surface area contributed by atoms with Crippen LogP contribution in [0.5, 0.6) is 5.75 Å². The number of carbonyl (C=O) groups is 2. The van der Waals surface area contributed by atoms with Crippen molar-refractivity contribution in [2.45, 2.75) is 25.4 Å². The predicted molar refractivity (Wildman–Crippen MR) is 101 cm³/mol. The zero-order valence-corrected chi connectivity index (χ0v) is 15.7. The summed E-state index contributed by atoms with van der Waals surface area (Å²) in [5, 5.41) is 6.63. The normalized spacial score (nSPS) is 15.2. The van der Waals surface area contributed by atoms with Gasteiger partial charge in [0.2, 0.25) is 0 Å². The summed E-state index contributed by atoms with van der Waals surface area (Å²) in [7, 11) is 3.11. The predicted octanol–water partition coefficient (Wildman–Crippen LogP) is 0.447. The van der Waals surface area contributed by atoms with Gasteiger partial charge in [0, 0.05) is 32.7 Å². The van der Waals surface area contributed by atoms with Crippen molar-refractivity contribution < 1.29 is 19.1 Å². The van der Waals surface area contributed by atoms with E-state index in [0.717, 1.165) is 18.4 Å². The van der Waals surface area contributed by atoms with Crippen LogP contribution in [0, 0.1) is 0 Å². The van der Waals surface area contributed by atoms with E-state index in [1.54, 1.807) is 18.0 Å². The molecular weight excluding hydrogens is 350 g/mol. The second-order valence-corrected chi connectivity index (χ2v) is 6.20. The van der Waals surface area contributed by atoms with E-state index in [4.69, 9.17) is 15.2 Å². The number of carbonyl (C=O) groups excluding carboxylic acids is 2. The summed E-state index contributed by atoms with van der Waals surface area (Å²) >= 11 is 0. The van der Waals surface area contributed by atoms with Crippen LogP contribution in [0.25, 0.3) is 0 Å². The van der Waals surface area contributed by atoms with Crippen LogP contribution in [0.2, 0.25) is 0 Å². The molecule has 9 heteroatoms. The molecule has 0 radical (unpaired) electrons. The summed E-state index contributed by atoms with van der Waals surface area (Å²) in [6.07, 6.45) is 1.37. The van der Waals surface area contributed by atoms with Crippen LogP contribution in [0.4, 0.5) is 4.79 Å². The van der Waals surface area contributed by atoms with Gasteiger partial charge in [-0.25, -0.2) is 4.79 Å². The first-order valence-corrected chi connectivity index (χ1v) is 8.82. The quantitative estimate of drug-likeness (QED) is 0.489. The highest BCUT2D eigenvalue weighted by Crippen LogP contribution is 2.13. The monoisotopic (exact) mass is 377 g/mol. The number of likely N-dealkylation sites (tertiary alicyclic amines) is 1. The molecule has 27 heavy (non-hydrogen) atoms. The molecule has 0 unspecified atom stereocenters. The van der Waals surface area contributed by atoms with Crippen molar-refractivity contribution in [1.82, 2.24) is 15.5 Å². The molecule has 0 atom stereocenters. The van der Waals surface area contributed by atoms with Gasteiger partial charge in [0.15, 0.2) is 12.6 Å². The molecule has 0 saturated carbocycles. The third kappa shape index (κ3) is 6.69. The van der Waals surface area contributed by atoms with Gasteiger partial charge < -0.3 is 30.7 Å². The van der Waals surface area contributed by atoms with E-state index in [0.29, 0.717) is 31.3 Å². The van der Waals surface area contributed by atoms with Gasteiger partial charge in [0.05, 0.1) is 7.11 Å². The van der Waals surface area contributed by atoms with E-state index >= 15 is 0 Å². The van der Waals surface area contributed by atoms with E-state index in [-0.39, 0.29) is 18.7 Å². The van der Waals surface area contributed by atoms with E-state index in [1.165, 1.54) is 7.11 Å². The Labute approximate surface area is 158 Å². The average Bonchev–Trinajstić information content (AvgIpc) is 2.69. The summed E-state index contributed by atoms with van der Waals surface area (Å²) in [6, 6.07) is 7.66. The fourth-order valence-electron chi connectivity index (χ4n) is 2.81. The Morgan fingerprint density at radius 2 is 2.07 bits per heavy atom. The molecule has 1 heterocycles. The summed E-state index contributed by atoms with van der Waals surface area (Å²) in [6.45, 7) is 1.71. The molecule has 2 amide bonds. The first-order valence-electron chi connectivity index (χ1n) is 8.82. The number of amides is 2. The zero-order chi connectivity index (χ0) is 19.6. The number of methoxy groups -OCH3 is 1. The molecule has 4 N–H and O–H groups in total. The number of piperidine rings is 1. The summed E-state index contributed by atoms with van der Waals surface area (Å²) < 4.78 is 10.1. The molecule has 0 spiro atoms. The maximum atomic E-state index is 11.5. The number of rotatable bonds is 6. The third-order valence-corrected chi connectivity index (χ3v) is 4.23. The van der Waals surface area contributed by atoms with Gasteiger partial charge in [0.25, 0.3) is 5.91 Å². The molecule has 1 aromatic rings. The number of ether oxygens (including phenoxy) is 2. The van der Waals surface area contributed by atoms with E-state index in [1.807, 2.05) is 18.2 Å². The van der Waals surface area contributed by atoms with Crippen molar-refractivity contribution in [2.24, 2.45) is 10.7 Å². The highest BCUT2D eigenvalue weighted by atomic mass is 16.5. The number of nitrogens with two attached hydrogens (primary N) is 1. The van der Waals surface area contributed by atoms with Crippen molar-refractivity contribution in [3.63, 3.8) is 0 Å². The minimum Gasteiger partial charge on any atom is -0.484 e. The maximum absolute atomic E-state index is 11.5. The fourth-order valence-corrected chi connectivity index (χ4v) is 2.81. The molecule has 1 aliphatic rings. The Hall–Kier alpha value is -2.97.